The summed E-state index contributed by atoms with van der Waals surface area (Å²) < 4.78 is 43.3. The fraction of sp³-hybridized carbons (Fsp3) is 0.636. The summed E-state index contributed by atoms with van der Waals surface area (Å²) in [5.74, 6) is 0.770. The zero-order valence-electron chi connectivity index (χ0n) is 18.8. The smallest absolute Gasteiger partial charge is 0.307 e. The highest BCUT2D eigenvalue weighted by atomic mass is 32.2. The second-order valence-electron chi connectivity index (χ2n) is 8.47. The van der Waals surface area contributed by atoms with E-state index >= 15 is 0 Å². The molecule has 0 aromatic heterocycles. The third-order valence-corrected chi connectivity index (χ3v) is 7.62. The number of nitrogens with one attached hydrogen (secondary N) is 2. The second-order valence-corrected chi connectivity index (χ2v) is 10.2. The molecule has 10 heteroatoms. The first kappa shape index (κ1) is 24.3. The van der Waals surface area contributed by atoms with Crippen LogP contribution < -0.4 is 19.5 Å². The van der Waals surface area contributed by atoms with Crippen LogP contribution >= 0.6 is 0 Å². The molecule has 178 valence electrons. The molecule has 1 amide bonds. The van der Waals surface area contributed by atoms with Crippen LogP contribution in [-0.4, -0.2) is 52.2 Å². The van der Waals surface area contributed by atoms with E-state index < -0.39 is 22.1 Å². The maximum absolute atomic E-state index is 12.5. The van der Waals surface area contributed by atoms with Crippen LogP contribution in [0.4, 0.5) is 0 Å². The molecule has 0 unspecified atom stereocenters. The van der Waals surface area contributed by atoms with Gasteiger partial charge in [0.15, 0.2) is 17.6 Å². The number of amides is 1. The van der Waals surface area contributed by atoms with Gasteiger partial charge in [-0.15, -0.1) is 0 Å². The van der Waals surface area contributed by atoms with E-state index in [0.29, 0.717) is 36.5 Å². The molecule has 0 bridgehead atoms. The second kappa shape index (κ2) is 10.5. The molecule has 32 heavy (non-hydrogen) atoms. The van der Waals surface area contributed by atoms with E-state index in [-0.39, 0.29) is 29.8 Å². The highest BCUT2D eigenvalue weighted by Crippen LogP contribution is 2.32. The number of hydrogen-bond donors (Lipinski definition) is 2. The summed E-state index contributed by atoms with van der Waals surface area (Å²) in [4.78, 5) is 24.5. The average Bonchev–Trinajstić information content (AvgIpc) is 2.76. The van der Waals surface area contributed by atoms with Crippen molar-refractivity contribution in [3.05, 3.63) is 18.2 Å². The van der Waals surface area contributed by atoms with Crippen molar-refractivity contribution < 1.29 is 32.2 Å². The molecule has 0 radical (unpaired) electrons. The van der Waals surface area contributed by atoms with Crippen molar-refractivity contribution in [2.24, 2.45) is 11.8 Å². The number of fused-ring (bicyclic) bond motifs is 1. The zero-order valence-corrected chi connectivity index (χ0v) is 19.6. The molecule has 1 fully saturated rings. The van der Waals surface area contributed by atoms with Crippen LogP contribution in [0.2, 0.25) is 0 Å². The molecule has 0 spiro atoms. The average molecular weight is 469 g/mol. The van der Waals surface area contributed by atoms with Crippen molar-refractivity contribution in [3.63, 3.8) is 0 Å². The molecular weight excluding hydrogens is 436 g/mol. The van der Waals surface area contributed by atoms with Crippen LogP contribution in [0, 0.1) is 11.8 Å². The van der Waals surface area contributed by atoms with E-state index in [4.69, 9.17) is 14.2 Å². The summed E-state index contributed by atoms with van der Waals surface area (Å²) in [6.07, 6.45) is 1.99. The molecule has 2 aliphatic rings. The van der Waals surface area contributed by atoms with Crippen LogP contribution in [0.15, 0.2) is 23.1 Å². The summed E-state index contributed by atoms with van der Waals surface area (Å²) in [5.41, 5.74) is 0. The summed E-state index contributed by atoms with van der Waals surface area (Å²) in [6.45, 7) is 6.43. The topological polar surface area (TPSA) is 120 Å². The van der Waals surface area contributed by atoms with Crippen molar-refractivity contribution in [1.29, 1.82) is 0 Å². The van der Waals surface area contributed by atoms with Gasteiger partial charge in [0.25, 0.3) is 5.91 Å². The van der Waals surface area contributed by atoms with Gasteiger partial charge in [-0.05, 0) is 37.3 Å². The quantitative estimate of drug-likeness (QED) is 0.560. The lowest BCUT2D eigenvalue weighted by atomic mass is 9.78. The largest absolute Gasteiger partial charge is 0.486 e. The van der Waals surface area contributed by atoms with Crippen molar-refractivity contribution in [2.75, 3.05) is 19.8 Å². The number of hydrogen-bond acceptors (Lipinski definition) is 7. The first-order chi connectivity index (χ1) is 15.2. The maximum atomic E-state index is 12.5. The number of carbonyl (C=O) groups is 2. The molecule has 1 aliphatic heterocycles. The van der Waals surface area contributed by atoms with Crippen LogP contribution in [0.5, 0.6) is 11.5 Å². The predicted octanol–water partition coefficient (Wildman–Crippen LogP) is 2.00. The van der Waals surface area contributed by atoms with Gasteiger partial charge < -0.3 is 19.5 Å². The van der Waals surface area contributed by atoms with E-state index in [1.54, 1.807) is 0 Å². The van der Waals surface area contributed by atoms with E-state index in [2.05, 4.69) is 23.9 Å². The Kier molecular flexibility index (Phi) is 8.00. The fourth-order valence-corrected chi connectivity index (χ4v) is 5.00. The Morgan fingerprint density at radius 3 is 2.62 bits per heavy atom. The first-order valence-electron chi connectivity index (χ1n) is 11.1. The molecule has 3 rings (SSSR count). The first-order valence-corrected chi connectivity index (χ1v) is 12.5. The number of carbonyl (C=O) groups excluding carboxylic acids is 2. The lowest BCUT2D eigenvalue weighted by Crippen LogP contribution is -2.47. The fourth-order valence-electron chi connectivity index (χ4n) is 3.96. The minimum atomic E-state index is -3.84. The zero-order chi connectivity index (χ0) is 23.3. The molecule has 4 atom stereocenters. The Labute approximate surface area is 189 Å². The highest BCUT2D eigenvalue weighted by molar-refractivity contribution is 7.89. The number of esters is 1. The van der Waals surface area contributed by atoms with Gasteiger partial charge in [0.05, 0.1) is 11.3 Å². The van der Waals surface area contributed by atoms with E-state index in [9.17, 15) is 18.0 Å². The van der Waals surface area contributed by atoms with Gasteiger partial charge in [-0.3, -0.25) is 9.59 Å². The molecule has 1 aliphatic carbocycles. The highest BCUT2D eigenvalue weighted by Gasteiger charge is 2.30. The van der Waals surface area contributed by atoms with Crippen LogP contribution in [0.1, 0.15) is 46.5 Å². The molecule has 1 heterocycles. The van der Waals surface area contributed by atoms with Gasteiger partial charge in [-0.1, -0.05) is 26.7 Å². The van der Waals surface area contributed by atoms with Gasteiger partial charge in [0.2, 0.25) is 10.0 Å². The van der Waals surface area contributed by atoms with Crippen molar-refractivity contribution in [1.82, 2.24) is 10.0 Å². The monoisotopic (exact) mass is 468 g/mol. The molecule has 0 saturated heterocycles. The minimum absolute atomic E-state index is 0.0127. The third-order valence-electron chi connectivity index (χ3n) is 6.16. The summed E-state index contributed by atoms with van der Waals surface area (Å²) in [7, 11) is -3.84. The van der Waals surface area contributed by atoms with Crippen LogP contribution in [0.25, 0.3) is 0 Å². The Hall–Kier alpha value is -2.33. The van der Waals surface area contributed by atoms with E-state index in [0.717, 1.165) is 19.3 Å². The Morgan fingerprint density at radius 1 is 1.16 bits per heavy atom. The van der Waals surface area contributed by atoms with Crippen molar-refractivity contribution in [2.45, 2.75) is 63.5 Å². The van der Waals surface area contributed by atoms with Gasteiger partial charge in [0.1, 0.15) is 13.2 Å². The molecule has 2 N–H and O–H groups in total. The third kappa shape index (κ3) is 6.13. The van der Waals surface area contributed by atoms with Gasteiger partial charge in [-0.2, -0.15) is 0 Å². The van der Waals surface area contributed by atoms with Crippen LogP contribution in [0.3, 0.4) is 0 Å². The predicted molar refractivity (Wildman–Crippen MR) is 117 cm³/mol. The summed E-state index contributed by atoms with van der Waals surface area (Å²) in [5, 5.41) is 2.98. The van der Waals surface area contributed by atoms with Crippen molar-refractivity contribution in [3.8, 4) is 11.5 Å². The van der Waals surface area contributed by atoms with Crippen LogP contribution in [-0.2, 0) is 24.3 Å². The SMILES string of the molecule is C[C@@H]1[C@@H](C)CCC[C@H]1NC(=O)[C@H](C)OC(=O)CCNS(=O)(=O)c1ccc2c(c1)OCCO2. The van der Waals surface area contributed by atoms with Crippen molar-refractivity contribution >= 4 is 21.9 Å². The number of ether oxygens (including phenoxy) is 3. The molecule has 1 aromatic carbocycles. The summed E-state index contributed by atoms with van der Waals surface area (Å²) >= 11 is 0. The van der Waals surface area contributed by atoms with E-state index in [1.165, 1.54) is 25.1 Å². The lowest BCUT2D eigenvalue weighted by molar-refractivity contribution is -0.155. The van der Waals surface area contributed by atoms with Gasteiger partial charge in [0, 0.05) is 18.7 Å². The standard InChI is InChI=1S/C22H32N2O7S/c1-14-5-4-6-18(15(14)2)24-22(26)16(3)31-21(25)9-10-23-32(27,28)17-7-8-19-20(13-17)30-12-11-29-19/h7-8,13-16,18,23H,4-6,9-12H2,1-3H3,(H,24,26)/t14-,15+,16-,18+/m0/s1. The Bertz CT molecular complexity index is 934. The number of benzene rings is 1. The van der Waals surface area contributed by atoms with E-state index in [1.807, 2.05) is 0 Å². The minimum Gasteiger partial charge on any atom is -0.486 e. The normalized spacial score (nSPS) is 23.8. The Morgan fingerprint density at radius 2 is 1.88 bits per heavy atom. The van der Waals surface area contributed by atoms with Gasteiger partial charge in [-0.25, -0.2) is 13.1 Å². The lowest BCUT2D eigenvalue weighted by Gasteiger charge is -2.35. The summed E-state index contributed by atoms with van der Waals surface area (Å²) in [6, 6.07) is 4.40. The maximum Gasteiger partial charge on any atom is 0.307 e. The number of sulfonamides is 1. The molecule has 9 nitrogen and oxygen atoms in total. The molecular formula is C22H32N2O7S. The van der Waals surface area contributed by atoms with Gasteiger partial charge >= 0.3 is 5.97 Å². The Balaban J connectivity index is 1.44. The molecule has 1 aromatic rings. The number of rotatable bonds is 8. The molecule has 1 saturated carbocycles.